The highest BCUT2D eigenvalue weighted by Gasteiger charge is 2.40. The average molecular weight is 231 g/mol. The predicted octanol–water partition coefficient (Wildman–Crippen LogP) is 0.630. The molecule has 1 fully saturated rings. The fourth-order valence-electron chi connectivity index (χ4n) is 2.04. The van der Waals surface area contributed by atoms with E-state index >= 15 is 0 Å². The number of hydrogen-bond acceptors (Lipinski definition) is 5. The number of nitrogens with zero attached hydrogens (tertiary/aromatic N) is 1. The molecule has 1 aliphatic heterocycles. The van der Waals surface area contributed by atoms with E-state index in [4.69, 9.17) is 14.2 Å². The molecule has 0 aromatic rings. The molecule has 94 valence electrons. The van der Waals surface area contributed by atoms with E-state index in [-0.39, 0.29) is 24.2 Å². The van der Waals surface area contributed by atoms with E-state index < -0.39 is 6.29 Å². The van der Waals surface area contributed by atoms with E-state index in [1.165, 1.54) is 6.92 Å². The standard InChI is InChI=1S/C11H21NO4/c1-7-6-9(12(3)4)10(16-8(2)13)11(14-5)15-7/h7,9-11H,6H2,1-5H3. The van der Waals surface area contributed by atoms with Gasteiger partial charge < -0.3 is 19.1 Å². The van der Waals surface area contributed by atoms with Crippen LogP contribution in [0.25, 0.3) is 0 Å². The molecule has 16 heavy (non-hydrogen) atoms. The van der Waals surface area contributed by atoms with E-state index in [1.54, 1.807) is 7.11 Å². The highest BCUT2D eigenvalue weighted by Crippen LogP contribution is 2.25. The third-order valence-corrected chi connectivity index (χ3v) is 2.78. The third kappa shape index (κ3) is 3.17. The van der Waals surface area contributed by atoms with Gasteiger partial charge in [-0.2, -0.15) is 0 Å². The van der Waals surface area contributed by atoms with Crippen LogP contribution < -0.4 is 0 Å². The first-order chi connectivity index (χ1) is 7.45. The van der Waals surface area contributed by atoms with E-state index in [9.17, 15) is 4.79 Å². The van der Waals surface area contributed by atoms with Crippen molar-refractivity contribution in [3.63, 3.8) is 0 Å². The fourth-order valence-corrected chi connectivity index (χ4v) is 2.04. The van der Waals surface area contributed by atoms with Gasteiger partial charge in [0.15, 0.2) is 12.4 Å². The zero-order chi connectivity index (χ0) is 12.3. The van der Waals surface area contributed by atoms with Gasteiger partial charge in [-0.15, -0.1) is 0 Å². The monoisotopic (exact) mass is 231 g/mol. The van der Waals surface area contributed by atoms with E-state index in [0.29, 0.717) is 0 Å². The number of likely N-dealkylation sites (N-methyl/N-ethyl adjacent to an activating group) is 1. The van der Waals surface area contributed by atoms with E-state index in [0.717, 1.165) is 6.42 Å². The molecule has 1 saturated heterocycles. The van der Waals surface area contributed by atoms with Gasteiger partial charge in [-0.25, -0.2) is 0 Å². The van der Waals surface area contributed by atoms with Crippen LogP contribution in [0.3, 0.4) is 0 Å². The summed E-state index contributed by atoms with van der Waals surface area (Å²) in [5.74, 6) is -0.308. The van der Waals surface area contributed by atoms with Crippen LogP contribution in [-0.2, 0) is 19.0 Å². The Hall–Kier alpha value is -0.650. The van der Waals surface area contributed by atoms with Crippen LogP contribution in [0.15, 0.2) is 0 Å². The van der Waals surface area contributed by atoms with Gasteiger partial charge in [0.25, 0.3) is 0 Å². The van der Waals surface area contributed by atoms with Crippen LogP contribution in [0.2, 0.25) is 0 Å². The van der Waals surface area contributed by atoms with Crippen LogP contribution in [-0.4, -0.2) is 56.6 Å². The maximum atomic E-state index is 11.1. The number of rotatable bonds is 3. The summed E-state index contributed by atoms with van der Waals surface area (Å²) in [6.45, 7) is 3.39. The zero-order valence-corrected chi connectivity index (χ0v) is 10.6. The SMILES string of the molecule is COC1OC(C)CC(N(C)C)C1OC(C)=O. The lowest BCUT2D eigenvalue weighted by molar-refractivity contribution is -0.250. The lowest BCUT2D eigenvalue weighted by Crippen LogP contribution is -2.55. The van der Waals surface area contributed by atoms with Crippen molar-refractivity contribution in [2.24, 2.45) is 0 Å². The quantitative estimate of drug-likeness (QED) is 0.667. The lowest BCUT2D eigenvalue weighted by Gasteiger charge is -2.42. The van der Waals surface area contributed by atoms with Crippen molar-refractivity contribution in [3.05, 3.63) is 0 Å². The van der Waals surface area contributed by atoms with Gasteiger partial charge in [0.2, 0.25) is 0 Å². The molecular formula is C11H21NO4. The third-order valence-electron chi connectivity index (χ3n) is 2.78. The lowest BCUT2D eigenvalue weighted by atomic mass is 9.99. The summed E-state index contributed by atoms with van der Waals surface area (Å²) < 4.78 is 16.1. The second-order valence-corrected chi connectivity index (χ2v) is 4.39. The summed E-state index contributed by atoms with van der Waals surface area (Å²) in [5, 5.41) is 0. The van der Waals surface area contributed by atoms with E-state index in [2.05, 4.69) is 0 Å². The number of ether oxygens (including phenoxy) is 3. The second kappa shape index (κ2) is 5.61. The van der Waals surface area contributed by atoms with Gasteiger partial charge >= 0.3 is 5.97 Å². The van der Waals surface area contributed by atoms with Gasteiger partial charge in [-0.05, 0) is 27.4 Å². The maximum Gasteiger partial charge on any atom is 0.303 e. The molecule has 0 spiro atoms. The molecule has 0 N–H and O–H groups in total. The van der Waals surface area contributed by atoms with Gasteiger partial charge in [0, 0.05) is 14.0 Å². The number of esters is 1. The summed E-state index contributed by atoms with van der Waals surface area (Å²) in [6, 6.07) is 0.123. The summed E-state index contributed by atoms with van der Waals surface area (Å²) >= 11 is 0. The molecule has 4 atom stereocenters. The molecule has 4 unspecified atom stereocenters. The molecule has 0 amide bonds. The molecule has 5 heteroatoms. The smallest absolute Gasteiger partial charge is 0.303 e. The van der Waals surface area contributed by atoms with Gasteiger partial charge in [0.05, 0.1) is 12.1 Å². The number of carbonyl (C=O) groups excluding carboxylic acids is 1. The van der Waals surface area contributed by atoms with Crippen molar-refractivity contribution in [3.8, 4) is 0 Å². The van der Waals surface area contributed by atoms with E-state index in [1.807, 2.05) is 25.9 Å². The molecule has 0 radical (unpaired) electrons. The van der Waals surface area contributed by atoms with Gasteiger partial charge in [0.1, 0.15) is 0 Å². The molecule has 0 aromatic carbocycles. The Balaban J connectivity index is 2.79. The van der Waals surface area contributed by atoms with Gasteiger partial charge in [-0.1, -0.05) is 0 Å². The van der Waals surface area contributed by atoms with Crippen LogP contribution in [0.1, 0.15) is 20.3 Å². The molecule has 0 saturated carbocycles. The van der Waals surface area contributed by atoms with Crippen molar-refractivity contribution >= 4 is 5.97 Å². The second-order valence-electron chi connectivity index (χ2n) is 4.39. The Morgan fingerprint density at radius 2 is 2.06 bits per heavy atom. The van der Waals surface area contributed by atoms with Crippen LogP contribution in [0.4, 0.5) is 0 Å². The minimum absolute atomic E-state index is 0.101. The first kappa shape index (κ1) is 13.4. The molecule has 1 heterocycles. The number of carbonyl (C=O) groups is 1. The molecule has 1 rings (SSSR count). The van der Waals surface area contributed by atoms with Crippen LogP contribution in [0.5, 0.6) is 0 Å². The Kier molecular flexibility index (Phi) is 4.70. The molecule has 0 aliphatic carbocycles. The topological polar surface area (TPSA) is 48.0 Å². The Labute approximate surface area is 96.6 Å². The average Bonchev–Trinajstić information content (AvgIpc) is 2.19. The summed E-state index contributed by atoms with van der Waals surface area (Å²) in [4.78, 5) is 13.1. The molecule has 0 aromatic heterocycles. The number of methoxy groups -OCH3 is 1. The normalized spacial score (nSPS) is 35.1. The Morgan fingerprint density at radius 1 is 1.44 bits per heavy atom. The zero-order valence-electron chi connectivity index (χ0n) is 10.6. The molecular weight excluding hydrogens is 210 g/mol. The first-order valence-corrected chi connectivity index (χ1v) is 5.47. The fraction of sp³-hybridized carbons (Fsp3) is 0.909. The van der Waals surface area contributed by atoms with Crippen molar-refractivity contribution in [1.29, 1.82) is 0 Å². The van der Waals surface area contributed by atoms with Crippen molar-refractivity contribution < 1.29 is 19.0 Å². The Bertz CT molecular complexity index is 244. The minimum Gasteiger partial charge on any atom is -0.455 e. The highest BCUT2D eigenvalue weighted by atomic mass is 16.7. The first-order valence-electron chi connectivity index (χ1n) is 5.47. The maximum absolute atomic E-state index is 11.1. The molecule has 5 nitrogen and oxygen atoms in total. The predicted molar refractivity (Wildman–Crippen MR) is 59.0 cm³/mol. The number of hydrogen-bond donors (Lipinski definition) is 0. The van der Waals surface area contributed by atoms with Crippen molar-refractivity contribution in [1.82, 2.24) is 4.90 Å². The van der Waals surface area contributed by atoms with Crippen LogP contribution in [0, 0.1) is 0 Å². The summed E-state index contributed by atoms with van der Waals surface area (Å²) in [7, 11) is 5.49. The Morgan fingerprint density at radius 3 is 2.50 bits per heavy atom. The van der Waals surface area contributed by atoms with Crippen LogP contribution >= 0.6 is 0 Å². The minimum atomic E-state index is -0.486. The molecule has 1 aliphatic rings. The van der Waals surface area contributed by atoms with Crippen molar-refractivity contribution in [2.75, 3.05) is 21.2 Å². The summed E-state index contributed by atoms with van der Waals surface area (Å²) in [5.41, 5.74) is 0. The van der Waals surface area contributed by atoms with Gasteiger partial charge in [-0.3, -0.25) is 4.79 Å². The largest absolute Gasteiger partial charge is 0.455 e. The molecule has 0 bridgehead atoms. The van der Waals surface area contributed by atoms with Crippen molar-refractivity contribution in [2.45, 2.75) is 44.8 Å². The highest BCUT2D eigenvalue weighted by molar-refractivity contribution is 5.66. The summed E-state index contributed by atoms with van der Waals surface area (Å²) in [6.07, 6.45) is 0.0723.